The van der Waals surface area contributed by atoms with E-state index in [9.17, 15) is 5.11 Å². The van der Waals surface area contributed by atoms with E-state index >= 15 is 0 Å². The van der Waals surface area contributed by atoms with Crippen molar-refractivity contribution in [1.29, 1.82) is 0 Å². The first-order valence-corrected chi connectivity index (χ1v) is 8.79. The van der Waals surface area contributed by atoms with Crippen LogP contribution in [0.2, 0.25) is 0 Å². The molecular formula is C17H17N3O3S2. The SMILES string of the molecule is CCn1c(O)c(C=C2C=NN=C2c2ccc(OC)c(OC)c2)sc1=S. The highest BCUT2D eigenvalue weighted by molar-refractivity contribution is 7.73. The molecule has 6 nitrogen and oxygen atoms in total. The third kappa shape index (κ3) is 3.22. The number of rotatable bonds is 5. The number of benzene rings is 1. The highest BCUT2D eigenvalue weighted by Crippen LogP contribution is 2.32. The number of aromatic nitrogens is 1. The Morgan fingerprint density at radius 1 is 1.28 bits per heavy atom. The summed E-state index contributed by atoms with van der Waals surface area (Å²) in [7, 11) is 3.18. The molecule has 0 amide bonds. The molecule has 0 atom stereocenters. The van der Waals surface area contributed by atoms with Gasteiger partial charge in [0.1, 0.15) is 5.71 Å². The van der Waals surface area contributed by atoms with E-state index in [4.69, 9.17) is 21.7 Å². The van der Waals surface area contributed by atoms with Crippen molar-refractivity contribution in [3.05, 3.63) is 38.2 Å². The first-order chi connectivity index (χ1) is 12.1. The van der Waals surface area contributed by atoms with Gasteiger partial charge in [-0.05, 0) is 43.4 Å². The van der Waals surface area contributed by atoms with E-state index in [1.165, 1.54) is 11.3 Å². The fourth-order valence-electron chi connectivity index (χ4n) is 2.51. The lowest BCUT2D eigenvalue weighted by Crippen LogP contribution is -2.03. The average Bonchev–Trinajstić information content (AvgIpc) is 3.19. The van der Waals surface area contributed by atoms with Crippen molar-refractivity contribution < 1.29 is 14.6 Å². The van der Waals surface area contributed by atoms with Crippen LogP contribution in [0.3, 0.4) is 0 Å². The first kappa shape index (κ1) is 17.4. The molecule has 1 aromatic carbocycles. The number of allylic oxidation sites excluding steroid dienone is 1. The molecule has 0 saturated carbocycles. The van der Waals surface area contributed by atoms with Crippen molar-refractivity contribution in [2.75, 3.05) is 14.2 Å². The summed E-state index contributed by atoms with van der Waals surface area (Å²) in [5.41, 5.74) is 2.34. The quantitative estimate of drug-likeness (QED) is 0.805. The lowest BCUT2D eigenvalue weighted by atomic mass is 10.0. The molecule has 1 aliphatic rings. The fraction of sp³-hybridized carbons (Fsp3) is 0.235. The van der Waals surface area contributed by atoms with Crippen LogP contribution in [0.1, 0.15) is 17.4 Å². The number of methoxy groups -OCH3 is 2. The predicted molar refractivity (Wildman–Crippen MR) is 103 cm³/mol. The molecule has 25 heavy (non-hydrogen) atoms. The highest BCUT2D eigenvalue weighted by atomic mass is 32.1. The lowest BCUT2D eigenvalue weighted by molar-refractivity contribution is 0.355. The maximum absolute atomic E-state index is 10.3. The van der Waals surface area contributed by atoms with Gasteiger partial charge in [-0.1, -0.05) is 0 Å². The van der Waals surface area contributed by atoms with Gasteiger partial charge in [0, 0.05) is 17.7 Å². The van der Waals surface area contributed by atoms with Crippen LogP contribution < -0.4 is 9.47 Å². The minimum atomic E-state index is 0.164. The summed E-state index contributed by atoms with van der Waals surface area (Å²) in [6, 6.07) is 5.56. The van der Waals surface area contributed by atoms with E-state index in [0.29, 0.717) is 32.6 Å². The summed E-state index contributed by atoms with van der Waals surface area (Å²) in [5, 5.41) is 18.5. The summed E-state index contributed by atoms with van der Waals surface area (Å²) in [6.07, 6.45) is 3.50. The maximum atomic E-state index is 10.3. The normalized spacial score (nSPS) is 14.8. The van der Waals surface area contributed by atoms with E-state index in [1.54, 1.807) is 25.0 Å². The minimum Gasteiger partial charge on any atom is -0.493 e. The molecule has 1 aliphatic heterocycles. The van der Waals surface area contributed by atoms with Gasteiger partial charge in [-0.15, -0.1) is 16.4 Å². The third-order valence-corrected chi connectivity index (χ3v) is 5.17. The minimum absolute atomic E-state index is 0.164. The van der Waals surface area contributed by atoms with Gasteiger partial charge in [0.15, 0.2) is 15.5 Å². The van der Waals surface area contributed by atoms with Gasteiger partial charge in [-0.2, -0.15) is 5.10 Å². The Balaban J connectivity index is 2.01. The topological polar surface area (TPSA) is 68.3 Å². The molecule has 0 spiro atoms. The Labute approximate surface area is 154 Å². The predicted octanol–water partition coefficient (Wildman–Crippen LogP) is 3.89. The van der Waals surface area contributed by atoms with Gasteiger partial charge < -0.3 is 14.6 Å². The van der Waals surface area contributed by atoms with Gasteiger partial charge in [0.2, 0.25) is 5.88 Å². The summed E-state index contributed by atoms with van der Waals surface area (Å²) in [4.78, 5) is 0.684. The van der Waals surface area contributed by atoms with E-state index in [2.05, 4.69) is 10.2 Å². The second-order valence-electron chi connectivity index (χ2n) is 5.16. The molecule has 8 heteroatoms. The van der Waals surface area contributed by atoms with Crippen LogP contribution in [-0.2, 0) is 6.54 Å². The zero-order valence-corrected chi connectivity index (χ0v) is 15.6. The maximum Gasteiger partial charge on any atom is 0.210 e. The molecule has 1 aromatic heterocycles. The average molecular weight is 375 g/mol. The number of hydrogen-bond donors (Lipinski definition) is 1. The van der Waals surface area contributed by atoms with Gasteiger partial charge in [0.25, 0.3) is 0 Å². The van der Waals surface area contributed by atoms with Crippen molar-refractivity contribution in [3.8, 4) is 17.4 Å². The molecular weight excluding hydrogens is 358 g/mol. The van der Waals surface area contributed by atoms with Crippen molar-refractivity contribution in [2.24, 2.45) is 10.2 Å². The molecule has 2 heterocycles. The standard InChI is InChI=1S/C17H17N3O3S2/c1-4-20-16(21)14(25-17(20)24)8-11-9-18-19-15(11)10-5-6-12(22-2)13(7-10)23-3/h5-9,21H,4H2,1-3H3. The second-order valence-corrected chi connectivity index (χ2v) is 6.84. The summed E-state index contributed by atoms with van der Waals surface area (Å²) in [6.45, 7) is 2.56. The van der Waals surface area contributed by atoms with E-state index in [1.807, 2.05) is 31.2 Å². The zero-order chi connectivity index (χ0) is 18.0. The number of nitrogens with zero attached hydrogens (tertiary/aromatic N) is 3. The monoisotopic (exact) mass is 375 g/mol. The summed E-state index contributed by atoms with van der Waals surface area (Å²) in [5.74, 6) is 1.42. The Kier molecular flexibility index (Phi) is 5.00. The van der Waals surface area contributed by atoms with Crippen LogP contribution in [0.5, 0.6) is 17.4 Å². The van der Waals surface area contributed by atoms with Crippen LogP contribution >= 0.6 is 23.6 Å². The van der Waals surface area contributed by atoms with Crippen molar-refractivity contribution in [3.63, 3.8) is 0 Å². The largest absolute Gasteiger partial charge is 0.493 e. The Bertz CT molecular complexity index is 955. The molecule has 0 unspecified atom stereocenters. The van der Waals surface area contributed by atoms with Crippen molar-refractivity contribution in [1.82, 2.24) is 4.57 Å². The van der Waals surface area contributed by atoms with Gasteiger partial charge in [0.05, 0.1) is 25.3 Å². The Hall–Kier alpha value is -2.45. The fourth-order valence-corrected chi connectivity index (χ4v) is 3.90. The highest BCUT2D eigenvalue weighted by Gasteiger charge is 2.18. The van der Waals surface area contributed by atoms with Gasteiger partial charge in [-0.3, -0.25) is 4.57 Å². The molecule has 0 bridgehead atoms. The molecule has 3 rings (SSSR count). The lowest BCUT2D eigenvalue weighted by Gasteiger charge is -2.09. The first-order valence-electron chi connectivity index (χ1n) is 7.57. The molecule has 1 N–H and O–H groups in total. The number of thiazole rings is 1. The molecule has 0 aliphatic carbocycles. The smallest absolute Gasteiger partial charge is 0.210 e. The van der Waals surface area contributed by atoms with Crippen molar-refractivity contribution >= 4 is 41.6 Å². The van der Waals surface area contributed by atoms with Crippen LogP contribution in [0.15, 0.2) is 34.0 Å². The second kappa shape index (κ2) is 7.20. The third-order valence-electron chi connectivity index (χ3n) is 3.78. The molecule has 130 valence electrons. The zero-order valence-electron chi connectivity index (χ0n) is 14.0. The number of hydrogen-bond acceptors (Lipinski definition) is 7. The van der Waals surface area contributed by atoms with Gasteiger partial charge >= 0.3 is 0 Å². The van der Waals surface area contributed by atoms with Crippen LogP contribution in [0, 0.1) is 3.95 Å². The summed E-state index contributed by atoms with van der Waals surface area (Å²) < 4.78 is 12.9. The van der Waals surface area contributed by atoms with Crippen LogP contribution in [0.25, 0.3) is 6.08 Å². The molecule has 0 radical (unpaired) electrons. The van der Waals surface area contributed by atoms with Crippen LogP contribution in [-0.4, -0.2) is 35.8 Å². The molecule has 0 fully saturated rings. The Morgan fingerprint density at radius 3 is 2.68 bits per heavy atom. The number of ether oxygens (including phenoxy) is 2. The van der Waals surface area contributed by atoms with Gasteiger partial charge in [-0.25, -0.2) is 0 Å². The molecule has 2 aromatic rings. The van der Waals surface area contributed by atoms with E-state index in [-0.39, 0.29) is 5.88 Å². The summed E-state index contributed by atoms with van der Waals surface area (Å²) >= 11 is 6.64. The van der Waals surface area contributed by atoms with E-state index < -0.39 is 0 Å². The number of aromatic hydroxyl groups is 1. The Morgan fingerprint density at radius 2 is 2.04 bits per heavy atom. The molecule has 0 saturated heterocycles. The van der Waals surface area contributed by atoms with E-state index in [0.717, 1.165) is 11.1 Å². The van der Waals surface area contributed by atoms with Crippen molar-refractivity contribution in [2.45, 2.75) is 13.5 Å². The van der Waals surface area contributed by atoms with Crippen LogP contribution in [0.4, 0.5) is 0 Å².